The minimum atomic E-state index is -0.518. The minimum Gasteiger partial charge on any atom is -0.392 e. The van der Waals surface area contributed by atoms with Crippen LogP contribution in [0.1, 0.15) is 24.8 Å². The van der Waals surface area contributed by atoms with Crippen molar-refractivity contribution >= 4 is 23.1 Å². The molecule has 3 atom stereocenters. The Hall–Kier alpha value is -1.42. The fraction of sp³-hybridized carbons (Fsp3) is 0.429. The van der Waals surface area contributed by atoms with Crippen LogP contribution in [0.25, 0.3) is 0 Å². The zero-order chi connectivity index (χ0) is 13.1. The van der Waals surface area contributed by atoms with Crippen LogP contribution in [0, 0.1) is 11.8 Å². The monoisotopic (exact) mass is 262 g/mol. The third kappa shape index (κ3) is 3.07. The maximum Gasteiger partial charge on any atom is 0.234 e. The molecule has 0 heterocycles. The number of nitrogens with two attached hydrogens (primary N) is 1. The van der Waals surface area contributed by atoms with Gasteiger partial charge in [-0.2, -0.15) is 0 Å². The average molecular weight is 262 g/mol. The topological polar surface area (TPSA) is 55.1 Å². The highest BCUT2D eigenvalue weighted by atomic mass is 32.1. The lowest BCUT2D eigenvalue weighted by atomic mass is 9.98. The molecule has 3 N–H and O–H groups in total. The van der Waals surface area contributed by atoms with Crippen molar-refractivity contribution in [2.45, 2.75) is 19.3 Å². The first kappa shape index (κ1) is 13.0. The number of benzene rings is 1. The van der Waals surface area contributed by atoms with Gasteiger partial charge in [0, 0.05) is 6.54 Å². The minimum absolute atomic E-state index is 0.0900. The van der Waals surface area contributed by atoms with Gasteiger partial charge in [0.15, 0.2) is 0 Å². The van der Waals surface area contributed by atoms with E-state index in [2.05, 4.69) is 12.2 Å². The van der Waals surface area contributed by atoms with Gasteiger partial charge < -0.3 is 11.1 Å². The average Bonchev–Trinajstić information content (AvgIpc) is 3.04. The van der Waals surface area contributed by atoms with Crippen molar-refractivity contribution in [3.63, 3.8) is 0 Å². The largest absolute Gasteiger partial charge is 0.392 e. The summed E-state index contributed by atoms with van der Waals surface area (Å²) in [4.78, 5) is 12.4. The van der Waals surface area contributed by atoms with E-state index in [1.54, 1.807) is 0 Å². The van der Waals surface area contributed by atoms with Gasteiger partial charge in [-0.1, -0.05) is 49.5 Å². The van der Waals surface area contributed by atoms with E-state index in [4.69, 9.17) is 18.0 Å². The summed E-state index contributed by atoms with van der Waals surface area (Å²) in [6.45, 7) is 2.92. The Labute approximate surface area is 113 Å². The lowest BCUT2D eigenvalue weighted by molar-refractivity contribution is -0.121. The number of nitrogens with one attached hydrogen (secondary N) is 1. The van der Waals surface area contributed by atoms with Crippen LogP contribution in [0.2, 0.25) is 0 Å². The van der Waals surface area contributed by atoms with Crippen molar-refractivity contribution in [2.24, 2.45) is 17.6 Å². The summed E-state index contributed by atoms with van der Waals surface area (Å²) in [7, 11) is 0. The molecule has 1 aliphatic carbocycles. The molecule has 0 saturated heterocycles. The lowest BCUT2D eigenvalue weighted by Gasteiger charge is -2.15. The van der Waals surface area contributed by atoms with Crippen molar-refractivity contribution < 1.29 is 4.79 Å². The summed E-state index contributed by atoms with van der Waals surface area (Å²) >= 11 is 5.01. The normalized spacial score (nSPS) is 23.2. The van der Waals surface area contributed by atoms with Crippen LogP contribution < -0.4 is 11.1 Å². The molecule has 0 spiro atoms. The molecule has 4 heteroatoms. The molecule has 1 aliphatic rings. The van der Waals surface area contributed by atoms with E-state index in [0.29, 0.717) is 5.92 Å². The second-order valence-corrected chi connectivity index (χ2v) is 5.44. The number of carbonyl (C=O) groups is 1. The van der Waals surface area contributed by atoms with E-state index in [9.17, 15) is 4.79 Å². The molecule has 0 aromatic heterocycles. The highest BCUT2D eigenvalue weighted by molar-refractivity contribution is 7.80. The van der Waals surface area contributed by atoms with Gasteiger partial charge in [-0.3, -0.25) is 4.79 Å². The molecule has 1 amide bonds. The first-order valence-electron chi connectivity index (χ1n) is 6.21. The smallest absolute Gasteiger partial charge is 0.234 e. The van der Waals surface area contributed by atoms with Crippen molar-refractivity contribution in [1.29, 1.82) is 0 Å². The Kier molecular flexibility index (Phi) is 3.97. The zero-order valence-electron chi connectivity index (χ0n) is 10.4. The molecule has 1 saturated carbocycles. The van der Waals surface area contributed by atoms with E-state index in [0.717, 1.165) is 18.0 Å². The van der Waals surface area contributed by atoms with E-state index >= 15 is 0 Å². The molecule has 2 rings (SSSR count). The van der Waals surface area contributed by atoms with Gasteiger partial charge in [-0.25, -0.2) is 0 Å². The first-order valence-corrected chi connectivity index (χ1v) is 6.62. The van der Waals surface area contributed by atoms with Crippen LogP contribution in [-0.4, -0.2) is 17.4 Å². The molecule has 0 aliphatic heterocycles. The fourth-order valence-corrected chi connectivity index (χ4v) is 2.35. The van der Waals surface area contributed by atoms with Crippen LogP contribution in [0.3, 0.4) is 0 Å². The third-order valence-electron chi connectivity index (χ3n) is 3.49. The van der Waals surface area contributed by atoms with Gasteiger partial charge >= 0.3 is 0 Å². The molecule has 0 bridgehead atoms. The van der Waals surface area contributed by atoms with Crippen LogP contribution in [0.4, 0.5) is 0 Å². The standard InChI is InChI=1S/C14H18N2OS/c1-9-7-11(9)8-16-14(17)12(13(15)18)10-5-3-2-4-6-10/h2-6,9,11-12H,7-8H2,1H3,(H2,15,18)(H,16,17). The summed E-state index contributed by atoms with van der Waals surface area (Å²) in [5.41, 5.74) is 6.54. The maximum absolute atomic E-state index is 12.1. The Bertz CT molecular complexity index is 446. The Morgan fingerprint density at radius 3 is 2.61 bits per heavy atom. The number of rotatable bonds is 5. The molecule has 1 fully saturated rings. The third-order valence-corrected chi connectivity index (χ3v) is 3.73. The number of hydrogen-bond donors (Lipinski definition) is 2. The highest BCUT2D eigenvalue weighted by Gasteiger charge is 2.33. The number of carbonyl (C=O) groups excluding carboxylic acids is 1. The predicted octanol–water partition coefficient (Wildman–Crippen LogP) is 1.83. The molecule has 1 aromatic carbocycles. The SMILES string of the molecule is CC1CC1CNC(=O)C(C(N)=S)c1ccccc1. The molecule has 18 heavy (non-hydrogen) atoms. The predicted molar refractivity (Wildman–Crippen MR) is 76.2 cm³/mol. The molecule has 96 valence electrons. The van der Waals surface area contributed by atoms with Gasteiger partial charge in [0.25, 0.3) is 0 Å². The van der Waals surface area contributed by atoms with Gasteiger partial charge in [-0.15, -0.1) is 0 Å². The van der Waals surface area contributed by atoms with E-state index in [1.165, 1.54) is 6.42 Å². The number of thiocarbonyl (C=S) groups is 1. The van der Waals surface area contributed by atoms with Crippen molar-refractivity contribution in [1.82, 2.24) is 5.32 Å². The van der Waals surface area contributed by atoms with Crippen LogP contribution in [-0.2, 0) is 4.79 Å². The van der Waals surface area contributed by atoms with Crippen LogP contribution in [0.15, 0.2) is 30.3 Å². The molecule has 3 nitrogen and oxygen atoms in total. The van der Waals surface area contributed by atoms with Gasteiger partial charge in [-0.05, 0) is 23.8 Å². The van der Waals surface area contributed by atoms with Gasteiger partial charge in [0.05, 0.1) is 4.99 Å². The van der Waals surface area contributed by atoms with Crippen molar-refractivity contribution in [3.8, 4) is 0 Å². The molecule has 1 aromatic rings. The molecule has 0 radical (unpaired) electrons. The second kappa shape index (κ2) is 5.48. The Morgan fingerprint density at radius 2 is 2.11 bits per heavy atom. The van der Waals surface area contributed by atoms with Gasteiger partial charge in [0.2, 0.25) is 5.91 Å². The van der Waals surface area contributed by atoms with Crippen LogP contribution >= 0.6 is 12.2 Å². The first-order chi connectivity index (χ1) is 8.59. The summed E-state index contributed by atoms with van der Waals surface area (Å²) in [6.07, 6.45) is 1.20. The van der Waals surface area contributed by atoms with E-state index in [1.807, 2.05) is 30.3 Å². The van der Waals surface area contributed by atoms with Gasteiger partial charge in [0.1, 0.15) is 5.92 Å². The van der Waals surface area contributed by atoms with Crippen molar-refractivity contribution in [3.05, 3.63) is 35.9 Å². The maximum atomic E-state index is 12.1. The lowest BCUT2D eigenvalue weighted by Crippen LogP contribution is -2.37. The molecule has 3 unspecified atom stereocenters. The Balaban J connectivity index is 2.01. The second-order valence-electron chi connectivity index (χ2n) is 4.96. The highest BCUT2D eigenvalue weighted by Crippen LogP contribution is 2.36. The molecular weight excluding hydrogens is 244 g/mol. The molecular formula is C14H18N2OS. The quantitative estimate of drug-likeness (QED) is 0.796. The van der Waals surface area contributed by atoms with E-state index < -0.39 is 5.92 Å². The Morgan fingerprint density at radius 1 is 1.50 bits per heavy atom. The zero-order valence-corrected chi connectivity index (χ0v) is 11.2. The van der Waals surface area contributed by atoms with Crippen molar-refractivity contribution in [2.75, 3.05) is 6.54 Å². The number of hydrogen-bond acceptors (Lipinski definition) is 2. The van der Waals surface area contributed by atoms with E-state index in [-0.39, 0.29) is 10.9 Å². The number of amides is 1. The summed E-state index contributed by atoms with van der Waals surface area (Å²) in [5.74, 6) is 0.741. The summed E-state index contributed by atoms with van der Waals surface area (Å²) < 4.78 is 0. The fourth-order valence-electron chi connectivity index (χ4n) is 2.11. The van der Waals surface area contributed by atoms with Crippen LogP contribution in [0.5, 0.6) is 0 Å². The summed E-state index contributed by atoms with van der Waals surface area (Å²) in [5, 5.41) is 2.95. The summed E-state index contributed by atoms with van der Waals surface area (Å²) in [6, 6.07) is 9.43.